The average molecular weight is 145 g/mol. The van der Waals surface area contributed by atoms with Crippen LogP contribution in [0.15, 0.2) is 9.77 Å². The molecule has 0 aliphatic rings. The maximum Gasteiger partial charge on any atom is 0.231 e. The third kappa shape index (κ3) is 3.62. The molecule has 7 heteroatoms. The molecular weight excluding hydrogens is 139 g/mol. The van der Waals surface area contributed by atoms with E-state index < -0.39 is 7.56 Å². The highest BCUT2D eigenvalue weighted by Crippen LogP contribution is 2.54. The Kier molecular flexibility index (Phi) is 2.82. The molecule has 0 atom stereocenters. The van der Waals surface area contributed by atoms with Crippen molar-refractivity contribution in [3.05, 3.63) is 20.9 Å². The largest absolute Gasteiger partial charge is 0.231 e. The van der Waals surface area contributed by atoms with Crippen LogP contribution in [0.25, 0.3) is 20.9 Å². The van der Waals surface area contributed by atoms with Gasteiger partial charge in [0.2, 0.25) is 7.56 Å². The highest BCUT2D eigenvalue weighted by molar-refractivity contribution is 7.71. The van der Waals surface area contributed by atoms with Crippen LogP contribution in [0, 0.1) is 0 Å². The maximum atomic E-state index is 7.93. The smallest absolute Gasteiger partial charge is 0.000336 e. The molecule has 9 heavy (non-hydrogen) atoms. The Hall–Kier alpha value is -0.950. The summed E-state index contributed by atoms with van der Waals surface area (Å²) in [5, 5.41) is 0. The second-order valence-electron chi connectivity index (χ2n) is 1.69. The number of hydrogen-bond donors (Lipinski definition) is 0. The summed E-state index contributed by atoms with van der Waals surface area (Å²) in [6.07, 6.45) is 0. The van der Waals surface area contributed by atoms with Crippen molar-refractivity contribution >= 4 is 7.56 Å². The van der Waals surface area contributed by atoms with Crippen molar-refractivity contribution in [3.8, 4) is 0 Å². The molecule has 48 valence electrons. The number of hydrogen-bond acceptors (Lipinski definition) is 2. The fourth-order valence-corrected chi connectivity index (χ4v) is 0.641. The van der Waals surface area contributed by atoms with Gasteiger partial charge in [0.15, 0.2) is 0 Å². The van der Waals surface area contributed by atoms with Gasteiger partial charge in [-0.25, -0.2) is 0 Å². The summed E-state index contributed by atoms with van der Waals surface area (Å²) in [5.74, 6) is 0. The molecule has 6 nitrogen and oxygen atoms in total. The van der Waals surface area contributed by atoms with Gasteiger partial charge < -0.3 is 0 Å². The second kappa shape index (κ2) is 3.15. The van der Waals surface area contributed by atoms with Gasteiger partial charge >= 0.3 is 0 Å². The first-order chi connectivity index (χ1) is 4.12. The van der Waals surface area contributed by atoms with Crippen LogP contribution in [0.5, 0.6) is 0 Å². The van der Waals surface area contributed by atoms with E-state index in [-0.39, 0.29) is 0 Å². The lowest BCUT2D eigenvalue weighted by Crippen LogP contribution is -1.71. The summed E-state index contributed by atoms with van der Waals surface area (Å²) in [5.41, 5.74) is 15.9. The summed E-state index contributed by atoms with van der Waals surface area (Å²) < 4.78 is 0. The zero-order valence-electron chi connectivity index (χ0n) is 5.13. The maximum absolute atomic E-state index is 7.93. The van der Waals surface area contributed by atoms with E-state index in [1.807, 2.05) is 0 Å². The van der Waals surface area contributed by atoms with E-state index in [0.717, 1.165) is 0 Å². The van der Waals surface area contributed by atoms with Gasteiger partial charge in [-0.1, -0.05) is 0 Å². The van der Waals surface area contributed by atoms with Gasteiger partial charge in [-0.15, -0.1) is 0 Å². The lowest BCUT2D eigenvalue weighted by Gasteiger charge is -1.93. The Labute approximate surface area is 52.6 Å². The van der Waals surface area contributed by atoms with Crippen LogP contribution in [-0.2, 0) is 0 Å². The fraction of sp³-hybridized carbons (Fsp3) is 1.00. The quantitative estimate of drug-likeness (QED) is 0.247. The molecule has 0 saturated carbocycles. The third-order valence-corrected chi connectivity index (χ3v) is 1.55. The molecule has 0 aliphatic carbocycles. The van der Waals surface area contributed by atoms with Crippen molar-refractivity contribution < 1.29 is 0 Å². The second-order valence-corrected chi connectivity index (χ2v) is 4.73. The van der Waals surface area contributed by atoms with Crippen molar-refractivity contribution in [1.29, 1.82) is 0 Å². The van der Waals surface area contributed by atoms with E-state index in [2.05, 4.69) is 19.6 Å². The minimum atomic E-state index is -2.03. The normalized spacial score (nSPS) is 9.11. The number of azide groups is 1. The van der Waals surface area contributed by atoms with Crippen LogP contribution in [0.4, 0.5) is 0 Å². The lowest BCUT2D eigenvalue weighted by molar-refractivity contribution is 1.56. The Morgan fingerprint density at radius 3 is 1.67 bits per heavy atom. The van der Waals surface area contributed by atoms with Crippen LogP contribution < -0.4 is 0 Å². The lowest BCUT2D eigenvalue weighted by atomic mass is 11.9. The Morgan fingerprint density at radius 2 is 1.44 bits per heavy atom. The molecule has 0 radical (unpaired) electrons. The van der Waals surface area contributed by atoms with E-state index >= 15 is 0 Å². The summed E-state index contributed by atoms with van der Waals surface area (Å²) in [7, 11) is -2.03. The zero-order valence-corrected chi connectivity index (χ0v) is 6.02. The first kappa shape index (κ1) is 8.05. The molecule has 0 bridgehead atoms. The number of nitrogens with zero attached hydrogens (tertiary/aromatic N) is 6. The molecule has 0 aromatic heterocycles. The molecule has 0 amide bonds. The first-order valence-corrected chi connectivity index (χ1v) is 4.68. The topological polar surface area (TPSA) is 97.5 Å². The van der Waals surface area contributed by atoms with Crippen molar-refractivity contribution in [2.75, 3.05) is 13.3 Å². The minimum absolute atomic E-state index is 1.63. The molecule has 0 N–H and O–H groups in total. The van der Waals surface area contributed by atoms with Crippen LogP contribution in [0.1, 0.15) is 0 Å². The van der Waals surface area contributed by atoms with E-state index in [1.165, 1.54) is 0 Å². The standard InChI is InChI=1S/C2H6N6P/c1-9(2,7-5-3)8-6-4/h1-2H3/q+1. The van der Waals surface area contributed by atoms with Crippen molar-refractivity contribution in [2.45, 2.75) is 0 Å². The number of rotatable bonds is 2. The van der Waals surface area contributed by atoms with E-state index in [9.17, 15) is 0 Å². The van der Waals surface area contributed by atoms with E-state index in [0.29, 0.717) is 0 Å². The molecule has 0 fully saturated rings. The molecular formula is C2H6N6P+. The van der Waals surface area contributed by atoms with Gasteiger partial charge in [-0.3, -0.25) is 0 Å². The highest BCUT2D eigenvalue weighted by Gasteiger charge is 2.22. The molecule has 0 saturated heterocycles. The van der Waals surface area contributed by atoms with Gasteiger partial charge in [-0.2, -0.15) is 0 Å². The predicted molar refractivity (Wildman–Crippen MR) is 37.1 cm³/mol. The Balaban J connectivity index is 4.36. The summed E-state index contributed by atoms with van der Waals surface area (Å²) in [6, 6.07) is 0. The monoisotopic (exact) mass is 145 g/mol. The predicted octanol–water partition coefficient (Wildman–Crippen LogP) is 2.71. The van der Waals surface area contributed by atoms with Gasteiger partial charge in [0.05, 0.1) is 23.1 Å². The molecule has 0 aliphatic heterocycles. The highest BCUT2D eigenvalue weighted by atomic mass is 31.2. The summed E-state index contributed by atoms with van der Waals surface area (Å²) in [6.45, 7) is 3.26. The van der Waals surface area contributed by atoms with Gasteiger partial charge in [0.25, 0.3) is 0 Å². The summed E-state index contributed by atoms with van der Waals surface area (Å²) >= 11 is 0. The molecule has 0 aromatic carbocycles. The van der Waals surface area contributed by atoms with E-state index in [4.69, 9.17) is 11.1 Å². The molecule has 0 aromatic rings. The van der Waals surface area contributed by atoms with Crippen molar-refractivity contribution in [3.63, 3.8) is 0 Å². The van der Waals surface area contributed by atoms with Crippen LogP contribution in [-0.4, -0.2) is 13.3 Å². The zero-order chi connectivity index (χ0) is 7.33. The van der Waals surface area contributed by atoms with Gasteiger partial charge in [0, 0.05) is 9.82 Å². The van der Waals surface area contributed by atoms with Gasteiger partial charge in [-0.05, 0) is 11.1 Å². The minimum Gasteiger partial charge on any atom is -0.000336 e. The fourth-order valence-electron chi connectivity index (χ4n) is 0.214. The van der Waals surface area contributed by atoms with Crippen LogP contribution in [0.3, 0.4) is 0 Å². The SMILES string of the molecule is C[P+](C)(N=[N+]=[N-])N=[N+]=[N-]. The van der Waals surface area contributed by atoms with Crippen LogP contribution >= 0.6 is 7.56 Å². The van der Waals surface area contributed by atoms with Crippen molar-refractivity contribution in [2.24, 2.45) is 9.77 Å². The molecule has 0 unspecified atom stereocenters. The molecule has 0 spiro atoms. The van der Waals surface area contributed by atoms with Crippen LogP contribution in [0.2, 0.25) is 0 Å². The van der Waals surface area contributed by atoms with Crippen molar-refractivity contribution in [1.82, 2.24) is 0 Å². The first-order valence-electron chi connectivity index (χ1n) is 2.09. The third-order valence-electron chi connectivity index (χ3n) is 0.518. The summed E-state index contributed by atoms with van der Waals surface area (Å²) in [4.78, 5) is 11.7. The molecule has 0 heterocycles. The molecule has 0 rings (SSSR count). The van der Waals surface area contributed by atoms with Gasteiger partial charge in [0.1, 0.15) is 0 Å². The van der Waals surface area contributed by atoms with E-state index in [1.54, 1.807) is 13.3 Å². The Bertz CT molecular complexity index is 163. The Morgan fingerprint density at radius 1 is 1.11 bits per heavy atom. The average Bonchev–Trinajstić information content (AvgIpc) is 1.64.